The van der Waals surface area contributed by atoms with Crippen LogP contribution in [0.3, 0.4) is 0 Å². The summed E-state index contributed by atoms with van der Waals surface area (Å²) in [6.07, 6.45) is 5.12. The second-order valence-corrected chi connectivity index (χ2v) is 8.47. The van der Waals surface area contributed by atoms with E-state index < -0.39 is 10.0 Å². The minimum absolute atomic E-state index is 0. The molecule has 0 spiro atoms. The SMILES string of the molecule is CCNC(=NCc1cccc(S(N)(=O)=O)c1)NCCN1CCCCC1CC.I. The first-order valence-electron chi connectivity index (χ1n) is 9.82. The van der Waals surface area contributed by atoms with E-state index in [1.54, 1.807) is 12.1 Å². The van der Waals surface area contributed by atoms with Crippen LogP contribution in [0.15, 0.2) is 34.2 Å². The third-order valence-corrected chi connectivity index (χ3v) is 5.81. The molecule has 0 aromatic heterocycles. The van der Waals surface area contributed by atoms with Crippen LogP contribution < -0.4 is 15.8 Å². The van der Waals surface area contributed by atoms with Crippen molar-refractivity contribution in [1.29, 1.82) is 0 Å². The number of guanidine groups is 1. The van der Waals surface area contributed by atoms with Crippen LogP contribution >= 0.6 is 24.0 Å². The summed E-state index contributed by atoms with van der Waals surface area (Å²) in [5.41, 5.74) is 0.806. The number of rotatable bonds is 8. The standard InChI is InChI=1S/C19H33N5O2S.HI/c1-3-17-9-5-6-12-24(17)13-11-22-19(21-4-2)23-15-16-8-7-10-18(14-16)27(20,25)26;/h7-8,10,14,17H,3-6,9,11-13,15H2,1-2H3,(H2,20,25,26)(H2,21,22,23);1H. The van der Waals surface area contributed by atoms with Crippen molar-refractivity contribution in [2.75, 3.05) is 26.2 Å². The van der Waals surface area contributed by atoms with Crippen molar-refractivity contribution in [3.63, 3.8) is 0 Å². The van der Waals surface area contributed by atoms with Gasteiger partial charge >= 0.3 is 0 Å². The number of hydrogen-bond acceptors (Lipinski definition) is 4. The molecule has 1 aliphatic rings. The summed E-state index contributed by atoms with van der Waals surface area (Å²) in [5, 5.41) is 11.8. The predicted molar refractivity (Wildman–Crippen MR) is 126 cm³/mol. The summed E-state index contributed by atoms with van der Waals surface area (Å²) in [4.78, 5) is 7.25. The van der Waals surface area contributed by atoms with E-state index in [1.807, 2.05) is 13.0 Å². The van der Waals surface area contributed by atoms with Crippen LogP contribution in [0.4, 0.5) is 0 Å². The van der Waals surface area contributed by atoms with E-state index in [4.69, 9.17) is 5.14 Å². The highest BCUT2D eigenvalue weighted by Gasteiger charge is 2.19. The minimum atomic E-state index is -3.69. The Morgan fingerprint density at radius 1 is 1.29 bits per heavy atom. The van der Waals surface area contributed by atoms with Crippen molar-refractivity contribution in [3.05, 3.63) is 29.8 Å². The minimum Gasteiger partial charge on any atom is -0.357 e. The second-order valence-electron chi connectivity index (χ2n) is 6.91. The van der Waals surface area contributed by atoms with Gasteiger partial charge in [-0.05, 0) is 50.4 Å². The summed E-state index contributed by atoms with van der Waals surface area (Å²) in [6.45, 7) is 8.45. The lowest BCUT2D eigenvalue weighted by molar-refractivity contribution is 0.147. The number of likely N-dealkylation sites (tertiary alicyclic amines) is 1. The largest absolute Gasteiger partial charge is 0.357 e. The van der Waals surface area contributed by atoms with E-state index in [2.05, 4.69) is 27.4 Å². The van der Waals surface area contributed by atoms with Crippen LogP contribution in [0.2, 0.25) is 0 Å². The highest BCUT2D eigenvalue weighted by atomic mass is 127. The van der Waals surface area contributed by atoms with Gasteiger partial charge in [-0.2, -0.15) is 0 Å². The van der Waals surface area contributed by atoms with E-state index in [-0.39, 0.29) is 28.9 Å². The fraction of sp³-hybridized carbons (Fsp3) is 0.632. The number of halogens is 1. The molecule has 1 saturated heterocycles. The van der Waals surface area contributed by atoms with Crippen LogP contribution in [0.1, 0.15) is 45.1 Å². The van der Waals surface area contributed by atoms with E-state index >= 15 is 0 Å². The van der Waals surface area contributed by atoms with Crippen molar-refractivity contribution >= 4 is 40.0 Å². The molecule has 1 aromatic rings. The summed E-state index contributed by atoms with van der Waals surface area (Å²) in [7, 11) is -3.69. The number of nitrogens with one attached hydrogen (secondary N) is 2. The molecule has 1 heterocycles. The molecule has 0 aliphatic carbocycles. The van der Waals surface area contributed by atoms with Gasteiger partial charge in [0.05, 0.1) is 11.4 Å². The number of primary sulfonamides is 1. The number of aliphatic imine (C=N–C) groups is 1. The number of nitrogens with two attached hydrogens (primary N) is 1. The molecule has 28 heavy (non-hydrogen) atoms. The molecule has 1 aromatic carbocycles. The van der Waals surface area contributed by atoms with Gasteiger partial charge in [-0.25, -0.2) is 18.5 Å². The normalized spacial score (nSPS) is 18.4. The summed E-state index contributed by atoms with van der Waals surface area (Å²) < 4.78 is 23.0. The van der Waals surface area contributed by atoms with Gasteiger partial charge in [0.25, 0.3) is 0 Å². The Labute approximate surface area is 186 Å². The van der Waals surface area contributed by atoms with Crippen molar-refractivity contribution in [2.45, 2.75) is 57.0 Å². The zero-order valence-corrected chi connectivity index (χ0v) is 20.0. The van der Waals surface area contributed by atoms with Gasteiger partial charge in [0.1, 0.15) is 0 Å². The van der Waals surface area contributed by atoms with Gasteiger partial charge in [-0.3, -0.25) is 4.90 Å². The number of sulfonamides is 1. The van der Waals surface area contributed by atoms with Crippen molar-refractivity contribution < 1.29 is 8.42 Å². The highest BCUT2D eigenvalue weighted by Crippen LogP contribution is 2.18. The van der Waals surface area contributed by atoms with Crippen LogP contribution in [0.5, 0.6) is 0 Å². The molecule has 0 amide bonds. The van der Waals surface area contributed by atoms with Crippen LogP contribution in [-0.4, -0.2) is 51.5 Å². The first-order valence-corrected chi connectivity index (χ1v) is 11.4. The Kier molecular flexibility index (Phi) is 11.3. The molecule has 7 nitrogen and oxygen atoms in total. The molecule has 1 atom stereocenters. The van der Waals surface area contributed by atoms with Gasteiger partial charge in [-0.1, -0.05) is 25.5 Å². The fourth-order valence-corrected chi connectivity index (χ4v) is 4.05. The summed E-state index contributed by atoms with van der Waals surface area (Å²) >= 11 is 0. The lowest BCUT2D eigenvalue weighted by atomic mass is 10.0. The smallest absolute Gasteiger partial charge is 0.238 e. The molecule has 0 radical (unpaired) electrons. The third-order valence-electron chi connectivity index (χ3n) is 4.90. The maximum Gasteiger partial charge on any atom is 0.238 e. The molecule has 1 unspecified atom stereocenters. The molecule has 160 valence electrons. The molecule has 2 rings (SSSR count). The van der Waals surface area contributed by atoms with E-state index in [1.165, 1.54) is 38.3 Å². The van der Waals surface area contributed by atoms with Crippen LogP contribution in [0, 0.1) is 0 Å². The summed E-state index contributed by atoms with van der Waals surface area (Å²) in [6, 6.07) is 7.30. The quantitative estimate of drug-likeness (QED) is 0.276. The third kappa shape index (κ3) is 8.22. The molecule has 4 N–H and O–H groups in total. The molecule has 0 saturated carbocycles. The van der Waals surface area contributed by atoms with E-state index in [0.29, 0.717) is 12.6 Å². The molecular weight excluding hydrogens is 489 g/mol. The number of nitrogens with zero attached hydrogens (tertiary/aromatic N) is 2. The van der Waals surface area contributed by atoms with Gasteiger partial charge in [0.2, 0.25) is 10.0 Å². The maximum atomic E-state index is 11.5. The van der Waals surface area contributed by atoms with Gasteiger partial charge in [-0.15, -0.1) is 24.0 Å². The molecule has 9 heteroatoms. The van der Waals surface area contributed by atoms with E-state index in [0.717, 1.165) is 31.2 Å². The molecule has 0 bridgehead atoms. The predicted octanol–water partition coefficient (Wildman–Crippen LogP) is 2.27. The van der Waals surface area contributed by atoms with Crippen molar-refractivity contribution in [3.8, 4) is 0 Å². The summed E-state index contributed by atoms with van der Waals surface area (Å²) in [5.74, 6) is 0.739. The Morgan fingerprint density at radius 3 is 2.75 bits per heavy atom. The van der Waals surface area contributed by atoms with Crippen molar-refractivity contribution in [2.24, 2.45) is 10.1 Å². The lowest BCUT2D eigenvalue weighted by Crippen LogP contribution is -2.45. The van der Waals surface area contributed by atoms with Crippen LogP contribution in [0.25, 0.3) is 0 Å². The van der Waals surface area contributed by atoms with Gasteiger partial charge in [0, 0.05) is 25.7 Å². The lowest BCUT2D eigenvalue weighted by Gasteiger charge is -2.35. The Bertz CT molecular complexity index is 727. The molecule has 1 aliphatic heterocycles. The Hall–Kier alpha value is -0.910. The number of piperidine rings is 1. The fourth-order valence-electron chi connectivity index (χ4n) is 3.47. The monoisotopic (exact) mass is 523 g/mol. The average molecular weight is 523 g/mol. The van der Waals surface area contributed by atoms with Crippen LogP contribution in [-0.2, 0) is 16.6 Å². The Morgan fingerprint density at radius 2 is 2.07 bits per heavy atom. The first kappa shape index (κ1) is 25.1. The van der Waals surface area contributed by atoms with Gasteiger partial charge in [0.15, 0.2) is 5.96 Å². The topological polar surface area (TPSA) is 99.8 Å². The van der Waals surface area contributed by atoms with Gasteiger partial charge < -0.3 is 10.6 Å². The Balaban J connectivity index is 0.00000392. The zero-order valence-electron chi connectivity index (χ0n) is 16.9. The second kappa shape index (κ2) is 12.6. The molecular formula is C19H34IN5O2S. The molecule has 1 fully saturated rings. The first-order chi connectivity index (χ1) is 12.9. The number of benzene rings is 1. The highest BCUT2D eigenvalue weighted by molar-refractivity contribution is 14.0. The van der Waals surface area contributed by atoms with E-state index in [9.17, 15) is 8.42 Å². The average Bonchev–Trinajstić information content (AvgIpc) is 2.66. The maximum absolute atomic E-state index is 11.5. The van der Waals surface area contributed by atoms with Crippen molar-refractivity contribution in [1.82, 2.24) is 15.5 Å². The number of hydrogen-bond donors (Lipinski definition) is 3. The zero-order chi connectivity index (χ0) is 19.7.